The highest BCUT2D eigenvalue weighted by molar-refractivity contribution is 5.96. The Labute approximate surface area is 541 Å². The molecule has 0 atom stereocenters. The van der Waals surface area contributed by atoms with E-state index in [0.717, 1.165) is 17.1 Å². The van der Waals surface area contributed by atoms with Crippen LogP contribution in [0.25, 0.3) is 100 Å². The number of benzene rings is 14. The summed E-state index contributed by atoms with van der Waals surface area (Å²) < 4.78 is 0. The molecule has 0 aliphatic carbocycles. The Morgan fingerprint density at radius 3 is 0.652 bits per heavy atom. The Morgan fingerprint density at radius 1 is 0.196 bits per heavy atom. The number of hydrogen-bond acceptors (Lipinski definition) is 2. The van der Waals surface area contributed by atoms with Gasteiger partial charge in [0.05, 0.1) is 17.1 Å². The fourth-order valence-corrected chi connectivity index (χ4v) is 14.3. The van der Waals surface area contributed by atoms with E-state index in [1.54, 1.807) is 0 Å². The molecule has 92 heavy (non-hydrogen) atoms. The number of fused-ring (bicyclic) bond motifs is 4. The largest absolute Gasteiger partial charge is 0.311 e. The van der Waals surface area contributed by atoms with Crippen molar-refractivity contribution in [3.63, 3.8) is 0 Å². The Kier molecular flexibility index (Phi) is 13.9. The van der Waals surface area contributed by atoms with Crippen LogP contribution in [0.3, 0.4) is 0 Å². The van der Waals surface area contributed by atoms with Crippen LogP contribution in [0.1, 0.15) is 49.9 Å². The van der Waals surface area contributed by atoms with Gasteiger partial charge in [0, 0.05) is 27.9 Å². The van der Waals surface area contributed by atoms with E-state index >= 15 is 0 Å². The lowest BCUT2D eigenvalue weighted by molar-refractivity contribution is 0.598. The zero-order chi connectivity index (χ0) is 61.9. The number of rotatable bonds is 12. The first-order valence-corrected chi connectivity index (χ1v) is 32.1. The maximum absolute atomic E-state index is 2.59. The van der Waals surface area contributed by atoms with Crippen molar-refractivity contribution in [2.45, 2.75) is 38.5 Å². The van der Waals surface area contributed by atoms with Crippen LogP contribution in [-0.4, -0.2) is 0 Å². The highest BCUT2D eigenvalue weighted by atomic mass is 15.2. The number of anilines is 6. The molecule has 16 rings (SSSR count). The lowest BCUT2D eigenvalue weighted by Crippen LogP contribution is -2.38. The highest BCUT2D eigenvalue weighted by Crippen LogP contribution is 2.61. The van der Waals surface area contributed by atoms with Crippen LogP contribution < -0.4 is 9.80 Å². The average Bonchev–Trinajstić information content (AvgIpc) is 0.690. The minimum Gasteiger partial charge on any atom is -0.311 e. The van der Waals surface area contributed by atoms with Crippen LogP contribution in [0.5, 0.6) is 0 Å². The first-order chi connectivity index (χ1) is 45.1. The SMILES string of the molecule is CC1(C)c2cc(-c3ccc(-c4ccccc4)cc3)ccc2N2c3ccc(-c4ccc(-c5ccccc5)cc4)cc3C(C)(C)c3cc(-c4ccc(-c5ccc(-c6ccc(N(c7ccc(-c8ccccc8)cc7)c7ccc(-c8ccccc8)cc7)cc6)cc5)cc4)cc1c32. The van der Waals surface area contributed by atoms with Gasteiger partial charge in [-0.15, -0.1) is 0 Å². The molecule has 438 valence electrons. The average molecular weight is 1180 g/mol. The Bertz CT molecular complexity index is 4730. The smallest absolute Gasteiger partial charge is 0.0544 e. The van der Waals surface area contributed by atoms with Crippen molar-refractivity contribution in [2.24, 2.45) is 0 Å². The maximum Gasteiger partial charge on any atom is 0.0544 e. The van der Waals surface area contributed by atoms with Gasteiger partial charge in [0.2, 0.25) is 0 Å². The summed E-state index contributed by atoms with van der Waals surface area (Å²) in [7, 11) is 0. The molecule has 2 heteroatoms. The third kappa shape index (κ3) is 10.1. The van der Waals surface area contributed by atoms with Crippen LogP contribution in [0, 0.1) is 0 Å². The van der Waals surface area contributed by atoms with E-state index < -0.39 is 0 Å². The van der Waals surface area contributed by atoms with Crippen LogP contribution in [0.4, 0.5) is 34.1 Å². The molecule has 0 unspecified atom stereocenters. The Balaban J connectivity index is 0.718. The fourth-order valence-electron chi connectivity index (χ4n) is 14.3. The summed E-state index contributed by atoms with van der Waals surface area (Å²) in [6, 6.07) is 125. The molecular formula is C90H68N2. The standard InChI is InChI=1S/C90H68N2/c1-89(2)82-57-76(73-35-29-65(30-36-73)61-17-9-5-10-18-61)47-55-86(82)92-87-56-48-77(74-37-31-66(32-38-74)62-19-11-6-12-20-62)58-83(87)90(3,4)85-60-78(59-84(89)88(85)92)75-39-33-68(34-40-75)67-25-27-69(28-26-67)72-45-53-81(54-46-72)91(79-49-41-70(42-50-79)63-21-13-7-14-22-63)80-51-43-71(44-52-80)64-23-15-8-16-24-64/h5-60H,1-4H3. The molecule has 0 saturated heterocycles. The molecule has 0 amide bonds. The van der Waals surface area contributed by atoms with Crippen molar-refractivity contribution in [3.8, 4) is 100 Å². The van der Waals surface area contributed by atoms with Gasteiger partial charge in [-0.2, -0.15) is 0 Å². The van der Waals surface area contributed by atoms with Crippen molar-refractivity contribution in [3.05, 3.63) is 362 Å². The molecule has 2 nitrogen and oxygen atoms in total. The molecule has 14 aromatic carbocycles. The summed E-state index contributed by atoms with van der Waals surface area (Å²) in [6.45, 7) is 9.74. The van der Waals surface area contributed by atoms with E-state index in [1.165, 1.54) is 139 Å². The van der Waals surface area contributed by atoms with Gasteiger partial charge in [-0.05, 0) is 195 Å². The Hall–Kier alpha value is -11.3. The molecule has 0 saturated carbocycles. The van der Waals surface area contributed by atoms with Gasteiger partial charge in [0.1, 0.15) is 0 Å². The second-order valence-electron chi connectivity index (χ2n) is 25.7. The highest BCUT2D eigenvalue weighted by Gasteiger charge is 2.46. The van der Waals surface area contributed by atoms with Crippen molar-refractivity contribution in [2.75, 3.05) is 9.80 Å². The molecule has 0 radical (unpaired) electrons. The van der Waals surface area contributed by atoms with Gasteiger partial charge in [-0.3, -0.25) is 0 Å². The second kappa shape index (κ2) is 22.9. The third-order valence-electron chi connectivity index (χ3n) is 19.5. The predicted molar refractivity (Wildman–Crippen MR) is 389 cm³/mol. The summed E-state index contributed by atoms with van der Waals surface area (Å²) in [4.78, 5) is 4.94. The second-order valence-corrected chi connectivity index (χ2v) is 25.7. The zero-order valence-corrected chi connectivity index (χ0v) is 52.2. The Morgan fingerprint density at radius 2 is 0.391 bits per heavy atom. The van der Waals surface area contributed by atoms with Crippen molar-refractivity contribution < 1.29 is 0 Å². The normalized spacial score (nSPS) is 13.2. The first kappa shape index (κ1) is 56.0. The van der Waals surface area contributed by atoms with E-state index in [4.69, 9.17) is 0 Å². The van der Waals surface area contributed by atoms with Gasteiger partial charge in [0.15, 0.2) is 0 Å². The molecule has 0 aromatic heterocycles. The molecular weight excluding hydrogens is 1110 g/mol. The number of nitrogens with zero attached hydrogens (tertiary/aromatic N) is 2. The van der Waals surface area contributed by atoms with Crippen LogP contribution in [0.15, 0.2) is 340 Å². The summed E-state index contributed by atoms with van der Waals surface area (Å²) in [5, 5.41) is 0. The monoisotopic (exact) mass is 1180 g/mol. The molecule has 0 fully saturated rings. The van der Waals surface area contributed by atoms with E-state index in [2.05, 4.69) is 377 Å². The molecule has 0 spiro atoms. The zero-order valence-electron chi connectivity index (χ0n) is 52.2. The molecule has 14 aromatic rings. The maximum atomic E-state index is 2.59. The van der Waals surface area contributed by atoms with Crippen LogP contribution in [0.2, 0.25) is 0 Å². The minimum absolute atomic E-state index is 0.328. The number of hydrogen-bond donors (Lipinski definition) is 0. The lowest BCUT2D eigenvalue weighted by atomic mass is 9.65. The third-order valence-corrected chi connectivity index (χ3v) is 19.5. The summed E-state index contributed by atoms with van der Waals surface area (Å²) in [5.41, 5.74) is 33.4. The van der Waals surface area contributed by atoms with Gasteiger partial charge >= 0.3 is 0 Å². The van der Waals surface area contributed by atoms with Gasteiger partial charge < -0.3 is 9.80 Å². The molecule has 2 aliphatic rings. The van der Waals surface area contributed by atoms with Crippen LogP contribution in [-0.2, 0) is 10.8 Å². The van der Waals surface area contributed by atoms with Gasteiger partial charge in [-0.1, -0.05) is 295 Å². The van der Waals surface area contributed by atoms with Crippen molar-refractivity contribution >= 4 is 34.1 Å². The van der Waals surface area contributed by atoms with Gasteiger partial charge in [-0.25, -0.2) is 0 Å². The van der Waals surface area contributed by atoms with E-state index in [0.29, 0.717) is 0 Å². The van der Waals surface area contributed by atoms with E-state index in [1.807, 2.05) is 0 Å². The van der Waals surface area contributed by atoms with E-state index in [9.17, 15) is 0 Å². The van der Waals surface area contributed by atoms with E-state index in [-0.39, 0.29) is 10.8 Å². The first-order valence-electron chi connectivity index (χ1n) is 32.1. The lowest BCUT2D eigenvalue weighted by Gasteiger charge is -2.50. The topological polar surface area (TPSA) is 6.48 Å². The molecule has 0 N–H and O–H groups in total. The summed E-state index contributed by atoms with van der Waals surface area (Å²) in [5.74, 6) is 0. The molecule has 0 bridgehead atoms. The van der Waals surface area contributed by atoms with Crippen molar-refractivity contribution in [1.29, 1.82) is 0 Å². The fraction of sp³-hybridized carbons (Fsp3) is 0.0667. The van der Waals surface area contributed by atoms with Crippen molar-refractivity contribution in [1.82, 2.24) is 0 Å². The predicted octanol–water partition coefficient (Wildman–Crippen LogP) is 24.9. The van der Waals surface area contributed by atoms with Crippen LogP contribution >= 0.6 is 0 Å². The van der Waals surface area contributed by atoms with Gasteiger partial charge in [0.25, 0.3) is 0 Å². The minimum atomic E-state index is -0.328. The summed E-state index contributed by atoms with van der Waals surface area (Å²) in [6.07, 6.45) is 0. The molecule has 2 aliphatic heterocycles. The molecule has 2 heterocycles. The quantitative estimate of drug-likeness (QED) is 0.120. The summed E-state index contributed by atoms with van der Waals surface area (Å²) >= 11 is 0.